The molecule has 6 nitrogen and oxygen atoms in total. The van der Waals surface area contributed by atoms with Gasteiger partial charge in [-0.2, -0.15) is 0 Å². The fourth-order valence-electron chi connectivity index (χ4n) is 4.58. The molecule has 0 radical (unpaired) electrons. The van der Waals surface area contributed by atoms with E-state index >= 15 is 0 Å². The summed E-state index contributed by atoms with van der Waals surface area (Å²) in [5.74, 6) is -0.912. The van der Waals surface area contributed by atoms with E-state index in [1.165, 1.54) is 6.92 Å². The van der Waals surface area contributed by atoms with Crippen LogP contribution in [-0.4, -0.2) is 27.8 Å². The highest BCUT2D eigenvalue weighted by molar-refractivity contribution is 6.46. The summed E-state index contributed by atoms with van der Waals surface area (Å²) in [6, 6.07) is 18.8. The molecule has 0 aliphatic heterocycles. The lowest BCUT2D eigenvalue weighted by Gasteiger charge is -2.06. The van der Waals surface area contributed by atoms with Crippen molar-refractivity contribution in [2.24, 2.45) is 5.16 Å². The van der Waals surface area contributed by atoms with Crippen molar-refractivity contribution in [3.05, 3.63) is 95.1 Å². The number of allylic oxidation sites excluding steroid dienone is 2. The van der Waals surface area contributed by atoms with Crippen molar-refractivity contribution < 1.29 is 19.2 Å². The van der Waals surface area contributed by atoms with Crippen LogP contribution in [0, 0.1) is 6.92 Å². The van der Waals surface area contributed by atoms with Crippen LogP contribution < -0.4 is 0 Å². The fourth-order valence-corrected chi connectivity index (χ4v) is 4.58. The van der Waals surface area contributed by atoms with Gasteiger partial charge in [0.05, 0.1) is 0 Å². The molecule has 4 rings (SSSR count). The number of ketones is 2. The summed E-state index contributed by atoms with van der Waals surface area (Å²) in [5, 5.41) is 5.63. The molecule has 1 aromatic heterocycles. The summed E-state index contributed by atoms with van der Waals surface area (Å²) in [7, 11) is 0. The molecular formula is C31H30N2O4. The quantitative estimate of drug-likeness (QED) is 0.0842. The molecule has 0 aliphatic carbocycles. The second kappa shape index (κ2) is 11.2. The van der Waals surface area contributed by atoms with Gasteiger partial charge in [-0.1, -0.05) is 41.6 Å². The van der Waals surface area contributed by atoms with Crippen molar-refractivity contribution in [1.29, 1.82) is 0 Å². The van der Waals surface area contributed by atoms with Gasteiger partial charge in [0.15, 0.2) is 5.78 Å². The average molecular weight is 495 g/mol. The smallest absolute Gasteiger partial charge is 0.331 e. The fraction of sp³-hybridized carbons (Fsp3) is 0.226. The maximum absolute atomic E-state index is 13.4. The van der Waals surface area contributed by atoms with Crippen molar-refractivity contribution in [2.45, 2.75) is 47.1 Å². The number of oxime groups is 1. The number of fused-ring (bicyclic) bond motifs is 3. The van der Waals surface area contributed by atoms with Crippen LogP contribution in [0.2, 0.25) is 0 Å². The van der Waals surface area contributed by atoms with Gasteiger partial charge in [-0.05, 0) is 69.2 Å². The number of hydrogen-bond donors (Lipinski definition) is 0. The molecule has 0 saturated heterocycles. The Morgan fingerprint density at radius 1 is 0.946 bits per heavy atom. The number of rotatable bonds is 9. The van der Waals surface area contributed by atoms with E-state index in [0.29, 0.717) is 29.5 Å². The van der Waals surface area contributed by atoms with Gasteiger partial charge in [-0.3, -0.25) is 9.59 Å². The minimum absolute atomic E-state index is 0.0376. The topological polar surface area (TPSA) is 77.7 Å². The van der Waals surface area contributed by atoms with Crippen molar-refractivity contribution in [3.63, 3.8) is 0 Å². The Morgan fingerprint density at radius 2 is 1.59 bits per heavy atom. The second-order valence-electron chi connectivity index (χ2n) is 8.91. The molecule has 3 aromatic carbocycles. The molecule has 6 heteroatoms. The first-order valence-electron chi connectivity index (χ1n) is 12.4. The van der Waals surface area contributed by atoms with Crippen LogP contribution in [0.4, 0.5) is 0 Å². The van der Waals surface area contributed by atoms with Crippen molar-refractivity contribution in [1.82, 2.24) is 4.57 Å². The van der Waals surface area contributed by atoms with Gasteiger partial charge in [0.1, 0.15) is 5.71 Å². The van der Waals surface area contributed by atoms with Crippen molar-refractivity contribution in [3.8, 4) is 0 Å². The lowest BCUT2D eigenvalue weighted by molar-refractivity contribution is -0.140. The number of benzene rings is 3. The van der Waals surface area contributed by atoms with Crippen LogP contribution in [0.1, 0.15) is 65.5 Å². The third kappa shape index (κ3) is 5.28. The summed E-state index contributed by atoms with van der Waals surface area (Å²) in [5.41, 5.74) is 4.79. The van der Waals surface area contributed by atoms with E-state index in [0.717, 1.165) is 33.9 Å². The SMILES string of the molecule is C/C=C/CC/C(=N\OC(C)=O)C(=O)c1ccc2c(c1)c1cc(C(=O)c3ccccc3C)ccc1n2CC. The third-order valence-electron chi connectivity index (χ3n) is 6.43. The Morgan fingerprint density at radius 3 is 2.22 bits per heavy atom. The van der Waals surface area contributed by atoms with Gasteiger partial charge in [0, 0.05) is 58.4 Å². The van der Waals surface area contributed by atoms with Crippen molar-refractivity contribution >= 4 is 45.1 Å². The summed E-state index contributed by atoms with van der Waals surface area (Å²) in [6.45, 7) is 7.88. The first-order chi connectivity index (χ1) is 17.8. The molecule has 0 saturated carbocycles. The highest BCUT2D eigenvalue weighted by atomic mass is 16.7. The Balaban J connectivity index is 1.82. The molecule has 0 aliphatic rings. The molecule has 0 fully saturated rings. The Bertz CT molecular complexity index is 1570. The van der Waals surface area contributed by atoms with Crippen LogP contribution in [0.15, 0.2) is 78.0 Å². The molecule has 0 unspecified atom stereocenters. The van der Waals surface area contributed by atoms with Crippen LogP contribution in [0.25, 0.3) is 21.8 Å². The Kier molecular flexibility index (Phi) is 7.77. The lowest BCUT2D eigenvalue weighted by Crippen LogP contribution is -2.15. The molecule has 188 valence electrons. The van der Waals surface area contributed by atoms with Crippen LogP contribution in [0.3, 0.4) is 0 Å². The number of aryl methyl sites for hydroxylation is 2. The largest absolute Gasteiger partial charge is 0.341 e. The Labute approximate surface area is 216 Å². The molecule has 0 spiro atoms. The zero-order valence-electron chi connectivity index (χ0n) is 21.6. The molecule has 0 amide bonds. The van der Waals surface area contributed by atoms with Gasteiger partial charge in [0.25, 0.3) is 0 Å². The molecule has 1 heterocycles. The van der Waals surface area contributed by atoms with Crippen LogP contribution >= 0.6 is 0 Å². The zero-order chi connectivity index (χ0) is 26.5. The molecule has 0 bridgehead atoms. The Hall–Kier alpha value is -4.32. The third-order valence-corrected chi connectivity index (χ3v) is 6.43. The standard InChI is InChI=1S/C31H30N2O4/c1-5-7-8-13-27(32-37-21(4)34)31(36)23-15-17-29-26(19-23)25-18-22(14-16-28(25)33(29)6-2)30(35)24-12-10-9-11-20(24)3/h5,7,9-12,14-19H,6,8,13H2,1-4H3/b7-5+,32-27+. The van der Waals surface area contributed by atoms with E-state index in [-0.39, 0.29) is 17.3 Å². The zero-order valence-corrected chi connectivity index (χ0v) is 21.6. The highest BCUT2D eigenvalue weighted by Crippen LogP contribution is 2.32. The number of nitrogens with zero attached hydrogens (tertiary/aromatic N) is 2. The monoisotopic (exact) mass is 494 g/mol. The number of aromatic nitrogens is 1. The number of hydrogen-bond acceptors (Lipinski definition) is 5. The molecule has 37 heavy (non-hydrogen) atoms. The highest BCUT2D eigenvalue weighted by Gasteiger charge is 2.19. The summed E-state index contributed by atoms with van der Waals surface area (Å²) in [4.78, 5) is 42.8. The second-order valence-corrected chi connectivity index (χ2v) is 8.91. The van der Waals surface area contributed by atoms with Gasteiger partial charge in [0.2, 0.25) is 5.78 Å². The van der Waals surface area contributed by atoms with Gasteiger partial charge < -0.3 is 9.40 Å². The maximum Gasteiger partial charge on any atom is 0.331 e. The predicted octanol–water partition coefficient (Wildman–Crippen LogP) is 6.81. The first kappa shape index (κ1) is 25.8. The molecule has 4 aromatic rings. The number of carbonyl (C=O) groups excluding carboxylic acids is 3. The normalized spacial score (nSPS) is 11.9. The number of carbonyl (C=O) groups is 3. The summed E-state index contributed by atoms with van der Waals surface area (Å²) in [6.07, 6.45) is 4.78. The first-order valence-corrected chi connectivity index (χ1v) is 12.4. The average Bonchev–Trinajstić information content (AvgIpc) is 3.22. The summed E-state index contributed by atoms with van der Waals surface area (Å²) < 4.78 is 2.17. The minimum atomic E-state index is -0.580. The minimum Gasteiger partial charge on any atom is -0.341 e. The van der Waals surface area contributed by atoms with Crippen molar-refractivity contribution in [2.75, 3.05) is 0 Å². The summed E-state index contributed by atoms with van der Waals surface area (Å²) >= 11 is 0. The van der Waals surface area contributed by atoms with E-state index in [4.69, 9.17) is 4.84 Å². The molecule has 0 N–H and O–H groups in total. The molecular weight excluding hydrogens is 464 g/mol. The molecule has 0 atom stereocenters. The van der Waals surface area contributed by atoms with E-state index in [9.17, 15) is 14.4 Å². The van der Waals surface area contributed by atoms with Gasteiger partial charge >= 0.3 is 5.97 Å². The van der Waals surface area contributed by atoms with Gasteiger partial charge in [-0.25, -0.2) is 4.79 Å². The maximum atomic E-state index is 13.4. The number of Topliss-reactive ketones (excluding diaryl/α,β-unsaturated/α-hetero) is 1. The van der Waals surface area contributed by atoms with Crippen LogP contribution in [0.5, 0.6) is 0 Å². The lowest BCUT2D eigenvalue weighted by atomic mass is 9.97. The van der Waals surface area contributed by atoms with Gasteiger partial charge in [-0.15, -0.1) is 0 Å². The van der Waals surface area contributed by atoms with E-state index in [1.54, 1.807) is 6.07 Å². The van der Waals surface area contributed by atoms with E-state index in [2.05, 4.69) is 16.6 Å². The van der Waals surface area contributed by atoms with E-state index in [1.807, 2.05) is 80.6 Å². The van der Waals surface area contributed by atoms with Crippen LogP contribution in [-0.2, 0) is 16.2 Å². The predicted molar refractivity (Wildman–Crippen MR) is 147 cm³/mol. The van der Waals surface area contributed by atoms with E-state index < -0.39 is 5.97 Å².